The smallest absolute Gasteiger partial charge is 0.306 e. The predicted octanol–water partition coefficient (Wildman–Crippen LogP) is 23.3. The Labute approximate surface area is 479 Å². The molecule has 6 nitrogen and oxygen atoms in total. The Hall–Kier alpha value is -2.63. The van der Waals surface area contributed by atoms with Crippen molar-refractivity contribution in [2.45, 2.75) is 374 Å². The van der Waals surface area contributed by atoms with Crippen molar-refractivity contribution in [3.63, 3.8) is 0 Å². The van der Waals surface area contributed by atoms with Crippen LogP contribution in [0, 0.1) is 0 Å². The Balaban J connectivity index is 4.26. The van der Waals surface area contributed by atoms with Gasteiger partial charge < -0.3 is 14.2 Å². The van der Waals surface area contributed by atoms with Crippen LogP contribution in [0.25, 0.3) is 0 Å². The molecule has 0 rings (SSSR count). The summed E-state index contributed by atoms with van der Waals surface area (Å²) in [6, 6.07) is 0. The third-order valence-corrected chi connectivity index (χ3v) is 15.3. The molecule has 0 fully saturated rings. The zero-order chi connectivity index (χ0) is 55.7. The zero-order valence-electron chi connectivity index (χ0n) is 51.7. The average Bonchev–Trinajstić information content (AvgIpc) is 3.43. The summed E-state index contributed by atoms with van der Waals surface area (Å²) >= 11 is 0. The Kier molecular flexibility index (Phi) is 63.6. The number of hydrogen-bond donors (Lipinski definition) is 0. The van der Waals surface area contributed by atoms with Gasteiger partial charge in [0.15, 0.2) is 6.10 Å². The van der Waals surface area contributed by atoms with Crippen LogP contribution in [-0.4, -0.2) is 37.2 Å². The van der Waals surface area contributed by atoms with E-state index in [0.29, 0.717) is 19.3 Å². The lowest BCUT2D eigenvalue weighted by atomic mass is 10.0. The van der Waals surface area contributed by atoms with E-state index < -0.39 is 6.10 Å². The van der Waals surface area contributed by atoms with Crippen LogP contribution in [0.4, 0.5) is 0 Å². The minimum absolute atomic E-state index is 0.0791. The summed E-state index contributed by atoms with van der Waals surface area (Å²) < 4.78 is 16.9. The molecule has 0 aromatic rings. The SMILES string of the molecule is CC/C=C\C/C=C\C/C=C\CCCCCC(=O)OCC(COC(=O)CCCCCCCCCCCCC/C=C\CCCCCCCCCC)OC(=O)CCCCCCCCCCCCCCCCCCCCCCCCC. The van der Waals surface area contributed by atoms with E-state index in [0.717, 1.165) is 83.5 Å². The average molecular weight is 1080 g/mol. The second-order valence-corrected chi connectivity index (χ2v) is 23.1. The molecular formula is C71H130O6. The van der Waals surface area contributed by atoms with Crippen LogP contribution in [0.1, 0.15) is 367 Å². The Bertz CT molecular complexity index is 1330. The first kappa shape index (κ1) is 74.4. The molecular weight excluding hydrogens is 949 g/mol. The summed E-state index contributed by atoms with van der Waals surface area (Å²) in [7, 11) is 0. The van der Waals surface area contributed by atoms with Crippen molar-refractivity contribution in [2.24, 2.45) is 0 Å². The molecule has 0 aromatic heterocycles. The van der Waals surface area contributed by atoms with Crippen molar-refractivity contribution in [1.29, 1.82) is 0 Å². The molecule has 0 spiro atoms. The molecule has 450 valence electrons. The van der Waals surface area contributed by atoms with Crippen LogP contribution in [0.2, 0.25) is 0 Å². The molecule has 0 N–H and O–H groups in total. The maximum atomic E-state index is 12.9. The Morgan fingerprint density at radius 3 is 0.818 bits per heavy atom. The molecule has 1 unspecified atom stereocenters. The Morgan fingerprint density at radius 2 is 0.506 bits per heavy atom. The number of esters is 3. The molecule has 0 aliphatic rings. The fourth-order valence-electron chi connectivity index (χ4n) is 10.2. The highest BCUT2D eigenvalue weighted by molar-refractivity contribution is 5.71. The highest BCUT2D eigenvalue weighted by atomic mass is 16.6. The zero-order valence-corrected chi connectivity index (χ0v) is 51.7. The summed E-state index contributed by atoms with van der Waals surface area (Å²) in [5.74, 6) is -0.886. The lowest BCUT2D eigenvalue weighted by Gasteiger charge is -2.18. The van der Waals surface area contributed by atoms with Crippen LogP contribution in [-0.2, 0) is 28.6 Å². The van der Waals surface area contributed by atoms with E-state index in [-0.39, 0.29) is 31.1 Å². The highest BCUT2D eigenvalue weighted by Crippen LogP contribution is 2.18. The van der Waals surface area contributed by atoms with Gasteiger partial charge in [0.2, 0.25) is 0 Å². The maximum absolute atomic E-state index is 12.9. The molecule has 0 amide bonds. The molecule has 1 atom stereocenters. The van der Waals surface area contributed by atoms with Gasteiger partial charge in [0.1, 0.15) is 13.2 Å². The van der Waals surface area contributed by atoms with Gasteiger partial charge in [-0.15, -0.1) is 0 Å². The van der Waals surface area contributed by atoms with Gasteiger partial charge in [-0.3, -0.25) is 14.4 Å². The second kappa shape index (κ2) is 65.9. The number of rotatable bonds is 63. The van der Waals surface area contributed by atoms with Crippen LogP contribution in [0.5, 0.6) is 0 Å². The van der Waals surface area contributed by atoms with E-state index in [1.807, 2.05) is 0 Å². The van der Waals surface area contributed by atoms with Crippen molar-refractivity contribution in [2.75, 3.05) is 13.2 Å². The first-order valence-corrected chi connectivity index (χ1v) is 34.1. The summed E-state index contributed by atoms with van der Waals surface area (Å²) in [6.07, 6.45) is 82.9. The fourth-order valence-corrected chi connectivity index (χ4v) is 10.2. The minimum atomic E-state index is -0.784. The van der Waals surface area contributed by atoms with E-state index >= 15 is 0 Å². The summed E-state index contributed by atoms with van der Waals surface area (Å²) in [5.41, 5.74) is 0. The maximum Gasteiger partial charge on any atom is 0.306 e. The lowest BCUT2D eigenvalue weighted by molar-refractivity contribution is -0.167. The summed E-state index contributed by atoms with van der Waals surface area (Å²) in [4.78, 5) is 38.4. The molecule has 0 aliphatic heterocycles. The molecule has 0 saturated carbocycles. The highest BCUT2D eigenvalue weighted by Gasteiger charge is 2.19. The largest absolute Gasteiger partial charge is 0.462 e. The van der Waals surface area contributed by atoms with Gasteiger partial charge in [-0.05, 0) is 77.0 Å². The van der Waals surface area contributed by atoms with Gasteiger partial charge in [0, 0.05) is 19.3 Å². The predicted molar refractivity (Wildman–Crippen MR) is 335 cm³/mol. The fraction of sp³-hybridized carbons (Fsp3) is 0.845. The van der Waals surface area contributed by atoms with E-state index in [4.69, 9.17) is 14.2 Å². The van der Waals surface area contributed by atoms with Gasteiger partial charge >= 0.3 is 17.9 Å². The normalized spacial score (nSPS) is 12.3. The van der Waals surface area contributed by atoms with E-state index in [1.165, 1.54) is 244 Å². The molecule has 0 bridgehead atoms. The number of carbonyl (C=O) groups is 3. The third kappa shape index (κ3) is 64.1. The lowest BCUT2D eigenvalue weighted by Crippen LogP contribution is -2.30. The van der Waals surface area contributed by atoms with E-state index in [9.17, 15) is 14.4 Å². The molecule has 0 saturated heterocycles. The number of ether oxygens (including phenoxy) is 3. The monoisotopic (exact) mass is 1080 g/mol. The quantitative estimate of drug-likeness (QED) is 0.0261. The van der Waals surface area contributed by atoms with Crippen molar-refractivity contribution >= 4 is 17.9 Å². The van der Waals surface area contributed by atoms with Crippen molar-refractivity contribution in [1.82, 2.24) is 0 Å². The Morgan fingerprint density at radius 1 is 0.273 bits per heavy atom. The van der Waals surface area contributed by atoms with Gasteiger partial charge in [-0.25, -0.2) is 0 Å². The summed E-state index contributed by atoms with van der Waals surface area (Å²) in [6.45, 7) is 6.57. The standard InChI is InChI=1S/C71H130O6/c1-4-7-10-13-16-19-22-25-27-29-31-33-35-37-39-41-43-46-49-52-55-58-61-64-70(73)76-67-68(66-75-69(72)63-60-57-54-51-48-45-24-21-18-15-12-9-6-3)77-71(74)65-62-59-56-53-50-47-44-42-40-38-36-34-32-30-28-26-23-20-17-14-11-8-5-2/h9,12,18,21,29,31,45,48,68H,4-8,10-11,13-17,19-20,22-28,30,32-44,46-47,49-67H2,1-3H3/b12-9-,21-18-,31-29-,48-45-. The number of carbonyl (C=O) groups excluding carboxylic acids is 3. The summed E-state index contributed by atoms with van der Waals surface area (Å²) in [5, 5.41) is 0. The minimum Gasteiger partial charge on any atom is -0.462 e. The van der Waals surface area contributed by atoms with Crippen molar-refractivity contribution < 1.29 is 28.6 Å². The van der Waals surface area contributed by atoms with Crippen molar-refractivity contribution in [3.05, 3.63) is 48.6 Å². The first-order chi connectivity index (χ1) is 38.0. The van der Waals surface area contributed by atoms with Crippen LogP contribution in [0.15, 0.2) is 48.6 Å². The van der Waals surface area contributed by atoms with Crippen LogP contribution >= 0.6 is 0 Å². The topological polar surface area (TPSA) is 78.9 Å². The van der Waals surface area contributed by atoms with E-state index in [2.05, 4.69) is 69.4 Å². The molecule has 6 heteroatoms. The molecule has 0 heterocycles. The van der Waals surface area contributed by atoms with Crippen molar-refractivity contribution in [3.8, 4) is 0 Å². The molecule has 0 aliphatic carbocycles. The van der Waals surface area contributed by atoms with E-state index in [1.54, 1.807) is 0 Å². The molecule has 0 aromatic carbocycles. The number of unbranched alkanes of at least 4 members (excludes halogenated alkanes) is 44. The van der Waals surface area contributed by atoms with Gasteiger partial charge in [-0.2, -0.15) is 0 Å². The van der Waals surface area contributed by atoms with Gasteiger partial charge in [0.05, 0.1) is 0 Å². The van der Waals surface area contributed by atoms with Gasteiger partial charge in [0.25, 0.3) is 0 Å². The van der Waals surface area contributed by atoms with Crippen LogP contribution in [0.3, 0.4) is 0 Å². The van der Waals surface area contributed by atoms with Crippen LogP contribution < -0.4 is 0 Å². The third-order valence-electron chi connectivity index (χ3n) is 15.3. The number of allylic oxidation sites excluding steroid dienone is 8. The second-order valence-electron chi connectivity index (χ2n) is 23.1. The molecule has 0 radical (unpaired) electrons. The first-order valence-electron chi connectivity index (χ1n) is 34.1. The molecule has 77 heavy (non-hydrogen) atoms. The van der Waals surface area contributed by atoms with Gasteiger partial charge in [-0.1, -0.05) is 320 Å². The number of hydrogen-bond acceptors (Lipinski definition) is 6.